The lowest BCUT2D eigenvalue weighted by Gasteiger charge is -2.37. The van der Waals surface area contributed by atoms with Gasteiger partial charge in [-0.25, -0.2) is 4.79 Å². The van der Waals surface area contributed by atoms with Crippen LogP contribution >= 0.6 is 0 Å². The van der Waals surface area contributed by atoms with Gasteiger partial charge in [0, 0.05) is 18.8 Å². The molecule has 0 spiro atoms. The highest BCUT2D eigenvalue weighted by atomic mass is 16.6. The molecule has 4 rings (SSSR count). The SMILES string of the molecule is CC(C)CC(OC(=O)Nc1ccc2ccccc2c1)C(=O)N(Cc1ccccc1)C1(C#N)CCNC1. The van der Waals surface area contributed by atoms with E-state index in [1.807, 2.05) is 80.6 Å². The minimum atomic E-state index is -1.01. The molecule has 2 N–H and O–H groups in total. The molecule has 0 saturated carbocycles. The zero-order valence-corrected chi connectivity index (χ0v) is 20.7. The summed E-state index contributed by atoms with van der Waals surface area (Å²) in [4.78, 5) is 28.5. The molecule has 2 amide bonds. The Kier molecular flexibility index (Phi) is 7.87. The Balaban J connectivity index is 1.56. The summed E-state index contributed by atoms with van der Waals surface area (Å²) < 4.78 is 5.74. The van der Waals surface area contributed by atoms with Crippen LogP contribution in [0.3, 0.4) is 0 Å². The van der Waals surface area contributed by atoms with Crippen molar-refractivity contribution in [1.82, 2.24) is 10.2 Å². The number of hydrogen-bond donors (Lipinski definition) is 2. The number of carbonyl (C=O) groups is 2. The van der Waals surface area contributed by atoms with Gasteiger partial charge in [0.1, 0.15) is 5.54 Å². The second-order valence-electron chi connectivity index (χ2n) is 9.69. The second-order valence-corrected chi connectivity index (χ2v) is 9.69. The zero-order chi connectivity index (χ0) is 25.5. The van der Waals surface area contributed by atoms with Crippen LogP contribution in [-0.2, 0) is 16.1 Å². The minimum Gasteiger partial charge on any atom is -0.436 e. The first-order chi connectivity index (χ1) is 17.4. The topological polar surface area (TPSA) is 94.5 Å². The van der Waals surface area contributed by atoms with Crippen LogP contribution in [0.2, 0.25) is 0 Å². The largest absolute Gasteiger partial charge is 0.436 e. The molecule has 3 aromatic carbocycles. The molecule has 36 heavy (non-hydrogen) atoms. The molecule has 0 aromatic heterocycles. The van der Waals surface area contributed by atoms with E-state index in [0.717, 1.165) is 16.3 Å². The molecular formula is C29H32N4O3. The molecule has 2 atom stereocenters. The summed E-state index contributed by atoms with van der Waals surface area (Å²) in [6.07, 6.45) is -0.844. The summed E-state index contributed by atoms with van der Waals surface area (Å²) in [6, 6.07) is 25.4. The minimum absolute atomic E-state index is 0.103. The van der Waals surface area contributed by atoms with Crippen LogP contribution in [0.4, 0.5) is 10.5 Å². The van der Waals surface area contributed by atoms with Crippen LogP contribution in [0.25, 0.3) is 10.8 Å². The fraction of sp³-hybridized carbons (Fsp3) is 0.345. The number of benzene rings is 3. The fourth-order valence-electron chi connectivity index (χ4n) is 4.62. The highest BCUT2D eigenvalue weighted by Gasteiger charge is 2.45. The Morgan fingerprint density at radius 3 is 2.47 bits per heavy atom. The Bertz CT molecular complexity index is 1250. The van der Waals surface area contributed by atoms with Gasteiger partial charge in [0.2, 0.25) is 0 Å². The first-order valence-electron chi connectivity index (χ1n) is 12.3. The van der Waals surface area contributed by atoms with Gasteiger partial charge in [-0.05, 0) is 53.8 Å². The molecule has 0 radical (unpaired) electrons. The summed E-state index contributed by atoms with van der Waals surface area (Å²) in [6.45, 7) is 5.23. The van der Waals surface area contributed by atoms with Crippen molar-refractivity contribution in [2.75, 3.05) is 18.4 Å². The number of fused-ring (bicyclic) bond motifs is 1. The number of nitrogens with one attached hydrogen (secondary N) is 2. The number of nitrogens with zero attached hydrogens (tertiary/aromatic N) is 2. The van der Waals surface area contributed by atoms with E-state index in [1.165, 1.54) is 0 Å². The number of rotatable bonds is 8. The van der Waals surface area contributed by atoms with E-state index in [4.69, 9.17) is 4.74 Å². The van der Waals surface area contributed by atoms with Crippen molar-refractivity contribution in [2.24, 2.45) is 5.92 Å². The molecule has 7 nitrogen and oxygen atoms in total. The van der Waals surface area contributed by atoms with Gasteiger partial charge in [-0.2, -0.15) is 5.26 Å². The highest BCUT2D eigenvalue weighted by molar-refractivity contribution is 5.92. The van der Waals surface area contributed by atoms with Gasteiger partial charge in [-0.15, -0.1) is 0 Å². The van der Waals surface area contributed by atoms with Crippen LogP contribution in [0.5, 0.6) is 0 Å². The number of ether oxygens (including phenoxy) is 1. The number of hydrogen-bond acceptors (Lipinski definition) is 5. The first kappa shape index (κ1) is 25.2. The second kappa shape index (κ2) is 11.2. The molecule has 1 aliphatic heterocycles. The zero-order valence-electron chi connectivity index (χ0n) is 20.7. The van der Waals surface area contributed by atoms with E-state index in [-0.39, 0.29) is 18.4 Å². The number of nitriles is 1. The molecule has 1 heterocycles. The third-order valence-electron chi connectivity index (χ3n) is 6.51. The fourth-order valence-corrected chi connectivity index (χ4v) is 4.62. The molecule has 186 valence electrons. The normalized spacial score (nSPS) is 17.9. The number of carbonyl (C=O) groups excluding carboxylic acids is 2. The average Bonchev–Trinajstić information content (AvgIpc) is 3.37. The number of amides is 2. The third-order valence-corrected chi connectivity index (χ3v) is 6.51. The van der Waals surface area contributed by atoms with E-state index in [9.17, 15) is 14.9 Å². The van der Waals surface area contributed by atoms with Gasteiger partial charge in [0.25, 0.3) is 5.91 Å². The van der Waals surface area contributed by atoms with E-state index in [0.29, 0.717) is 31.6 Å². The molecule has 1 fully saturated rings. The quantitative estimate of drug-likeness (QED) is 0.465. The summed E-state index contributed by atoms with van der Waals surface area (Å²) in [5, 5.41) is 18.2. The van der Waals surface area contributed by atoms with Crippen LogP contribution in [0, 0.1) is 17.2 Å². The predicted octanol–water partition coefficient (Wildman–Crippen LogP) is 5.09. The van der Waals surface area contributed by atoms with Crippen molar-refractivity contribution in [3.63, 3.8) is 0 Å². The summed E-state index contributed by atoms with van der Waals surface area (Å²) >= 11 is 0. The van der Waals surface area contributed by atoms with Crippen molar-refractivity contribution in [2.45, 2.75) is 44.9 Å². The van der Waals surface area contributed by atoms with E-state index in [1.54, 1.807) is 11.0 Å². The third kappa shape index (κ3) is 5.84. The lowest BCUT2D eigenvalue weighted by molar-refractivity contribution is -0.146. The molecule has 1 aliphatic rings. The molecular weight excluding hydrogens is 452 g/mol. The molecule has 0 bridgehead atoms. The maximum atomic E-state index is 13.9. The van der Waals surface area contributed by atoms with Crippen molar-refractivity contribution in [1.29, 1.82) is 5.26 Å². The van der Waals surface area contributed by atoms with E-state index < -0.39 is 17.7 Å². The maximum Gasteiger partial charge on any atom is 0.412 e. The lowest BCUT2D eigenvalue weighted by atomic mass is 9.94. The van der Waals surface area contributed by atoms with Crippen LogP contribution in [-0.4, -0.2) is 41.6 Å². The molecule has 1 saturated heterocycles. The Hall–Kier alpha value is -3.89. The summed E-state index contributed by atoms with van der Waals surface area (Å²) in [5.74, 6) is -0.253. The van der Waals surface area contributed by atoms with Crippen molar-refractivity contribution in [3.05, 3.63) is 78.4 Å². The highest BCUT2D eigenvalue weighted by Crippen LogP contribution is 2.28. The van der Waals surface area contributed by atoms with Crippen LogP contribution in [0.15, 0.2) is 72.8 Å². The molecule has 2 unspecified atom stereocenters. The van der Waals surface area contributed by atoms with Gasteiger partial charge in [-0.3, -0.25) is 10.1 Å². The summed E-state index contributed by atoms with van der Waals surface area (Å²) in [7, 11) is 0. The van der Waals surface area contributed by atoms with Gasteiger partial charge in [-0.1, -0.05) is 74.5 Å². The van der Waals surface area contributed by atoms with Crippen molar-refractivity contribution in [3.8, 4) is 6.07 Å². The standard InChI is InChI=1S/C29H32N4O3/c1-21(2)16-26(36-28(35)32-25-13-12-23-10-6-7-11-24(23)17-25)27(34)33(18-22-8-4-3-5-9-22)29(19-30)14-15-31-20-29/h3-13,17,21,26,31H,14-16,18,20H2,1-2H3,(H,32,35). The Morgan fingerprint density at radius 1 is 1.08 bits per heavy atom. The lowest BCUT2D eigenvalue weighted by Crippen LogP contribution is -2.55. The van der Waals surface area contributed by atoms with Gasteiger partial charge in [0.05, 0.1) is 6.07 Å². The van der Waals surface area contributed by atoms with Crippen LogP contribution < -0.4 is 10.6 Å². The smallest absolute Gasteiger partial charge is 0.412 e. The monoisotopic (exact) mass is 484 g/mol. The van der Waals surface area contributed by atoms with Gasteiger partial charge in [0.15, 0.2) is 6.10 Å². The molecule has 3 aromatic rings. The molecule has 0 aliphatic carbocycles. The van der Waals surface area contributed by atoms with Crippen LogP contribution in [0.1, 0.15) is 32.3 Å². The Labute approximate surface area is 212 Å². The average molecular weight is 485 g/mol. The predicted molar refractivity (Wildman–Crippen MR) is 140 cm³/mol. The van der Waals surface area contributed by atoms with Crippen molar-refractivity contribution >= 4 is 28.5 Å². The van der Waals surface area contributed by atoms with Gasteiger partial charge >= 0.3 is 6.09 Å². The first-order valence-corrected chi connectivity index (χ1v) is 12.3. The van der Waals surface area contributed by atoms with Crippen molar-refractivity contribution < 1.29 is 14.3 Å². The Morgan fingerprint density at radius 2 is 1.81 bits per heavy atom. The number of anilines is 1. The summed E-state index contributed by atoms with van der Waals surface area (Å²) in [5.41, 5.74) is 0.501. The van der Waals surface area contributed by atoms with E-state index in [2.05, 4.69) is 16.7 Å². The van der Waals surface area contributed by atoms with Gasteiger partial charge < -0.3 is 15.0 Å². The van der Waals surface area contributed by atoms with E-state index >= 15 is 0 Å². The maximum absolute atomic E-state index is 13.9. The molecule has 7 heteroatoms.